The average molecular weight is 470 g/mol. The molecule has 1 heterocycles. The van der Waals surface area contributed by atoms with E-state index in [9.17, 15) is 9.18 Å². The summed E-state index contributed by atoms with van der Waals surface area (Å²) >= 11 is 2.88. The number of hydrogen-bond donors (Lipinski definition) is 0. The van der Waals surface area contributed by atoms with Crippen LogP contribution in [0.25, 0.3) is 10.2 Å². The fourth-order valence-corrected chi connectivity index (χ4v) is 4.48. The van der Waals surface area contributed by atoms with Crippen LogP contribution in [0, 0.1) is 5.82 Å². The van der Waals surface area contributed by atoms with E-state index in [4.69, 9.17) is 9.72 Å². The van der Waals surface area contributed by atoms with Gasteiger partial charge < -0.3 is 9.64 Å². The molecule has 1 amide bonds. The zero-order valence-electron chi connectivity index (χ0n) is 17.1. The van der Waals surface area contributed by atoms with Crippen LogP contribution in [0.2, 0.25) is 0 Å². The van der Waals surface area contributed by atoms with Gasteiger partial charge in [-0.15, -0.1) is 24.2 Å². The molecule has 0 bridgehead atoms. The number of aromatic nitrogens is 1. The van der Waals surface area contributed by atoms with Crippen LogP contribution in [0.4, 0.5) is 9.52 Å². The normalized spacial score (nSPS) is 10.8. The van der Waals surface area contributed by atoms with Crippen molar-refractivity contribution in [1.29, 1.82) is 0 Å². The Morgan fingerprint density at radius 1 is 1.17 bits per heavy atom. The lowest BCUT2D eigenvalue weighted by molar-refractivity contribution is -0.116. The highest BCUT2D eigenvalue weighted by Crippen LogP contribution is 2.34. The van der Waals surface area contributed by atoms with E-state index in [1.165, 1.54) is 35.2 Å². The Bertz CT molecular complexity index is 967. The second kappa shape index (κ2) is 11.5. The Kier molecular flexibility index (Phi) is 9.36. The third-order valence-corrected chi connectivity index (χ3v) is 6.19. The molecular formula is C21H25ClFN3O2S2. The number of nitrogens with zero attached hydrogens (tertiary/aromatic N) is 3. The molecule has 0 saturated carbocycles. The molecule has 2 aromatic carbocycles. The third kappa shape index (κ3) is 6.31. The maximum Gasteiger partial charge on any atom is 0.239 e. The minimum atomic E-state index is -0.284. The van der Waals surface area contributed by atoms with Crippen LogP contribution in [-0.4, -0.2) is 55.3 Å². The highest BCUT2D eigenvalue weighted by Gasteiger charge is 2.21. The van der Waals surface area contributed by atoms with Crippen LogP contribution < -0.4 is 9.64 Å². The molecule has 0 atom stereocenters. The van der Waals surface area contributed by atoms with Gasteiger partial charge in [0, 0.05) is 18.0 Å². The summed E-state index contributed by atoms with van der Waals surface area (Å²) in [7, 11) is 3.95. The summed E-state index contributed by atoms with van der Waals surface area (Å²) in [5.41, 5.74) is 0.781. The molecule has 9 heteroatoms. The Balaban J connectivity index is 0.00000320. The van der Waals surface area contributed by atoms with Crippen molar-refractivity contribution < 1.29 is 13.9 Å². The van der Waals surface area contributed by atoms with Crippen LogP contribution in [0.3, 0.4) is 0 Å². The van der Waals surface area contributed by atoms with Crippen molar-refractivity contribution in [3.8, 4) is 5.75 Å². The monoisotopic (exact) mass is 469 g/mol. The van der Waals surface area contributed by atoms with Gasteiger partial charge in [-0.3, -0.25) is 9.69 Å². The zero-order chi connectivity index (χ0) is 20.8. The fourth-order valence-electron chi connectivity index (χ4n) is 2.68. The van der Waals surface area contributed by atoms with Gasteiger partial charge in [0.2, 0.25) is 5.91 Å². The standard InChI is InChI=1S/C21H24FN3O2S2.ClH/c1-4-27-17-6-5-7-18-20(17)23-21(29-18)25(13-12-24(2)3)19(26)14-28-16-10-8-15(22)9-11-16;/h5-11H,4,12-14H2,1-3H3;1H. The number of amides is 1. The maximum atomic E-state index is 13.1. The van der Waals surface area contributed by atoms with Gasteiger partial charge in [0.1, 0.15) is 17.1 Å². The number of carbonyl (C=O) groups excluding carboxylic acids is 1. The molecule has 0 N–H and O–H groups in total. The molecule has 1 aromatic heterocycles. The number of thiazole rings is 1. The van der Waals surface area contributed by atoms with Gasteiger partial charge in [-0.1, -0.05) is 17.4 Å². The topological polar surface area (TPSA) is 45.7 Å². The molecule has 0 radical (unpaired) electrons. The Hall–Kier alpha value is -1.87. The van der Waals surface area contributed by atoms with Gasteiger partial charge in [0.05, 0.1) is 17.1 Å². The number of anilines is 1. The molecular weight excluding hydrogens is 445 g/mol. The zero-order valence-corrected chi connectivity index (χ0v) is 19.6. The van der Waals surface area contributed by atoms with E-state index >= 15 is 0 Å². The molecule has 162 valence electrons. The number of carbonyl (C=O) groups is 1. The lowest BCUT2D eigenvalue weighted by Gasteiger charge is -2.21. The summed E-state index contributed by atoms with van der Waals surface area (Å²) < 4.78 is 19.8. The lowest BCUT2D eigenvalue weighted by atomic mass is 10.3. The Morgan fingerprint density at radius 3 is 2.57 bits per heavy atom. The van der Waals surface area contributed by atoms with Crippen molar-refractivity contribution in [2.75, 3.05) is 44.4 Å². The number of rotatable bonds is 9. The van der Waals surface area contributed by atoms with E-state index < -0.39 is 0 Å². The largest absolute Gasteiger partial charge is 0.492 e. The summed E-state index contributed by atoms with van der Waals surface area (Å²) in [4.78, 5) is 22.4. The van der Waals surface area contributed by atoms with Gasteiger partial charge in [-0.2, -0.15) is 0 Å². The van der Waals surface area contributed by atoms with E-state index in [-0.39, 0.29) is 29.9 Å². The smallest absolute Gasteiger partial charge is 0.239 e. The predicted molar refractivity (Wildman–Crippen MR) is 126 cm³/mol. The van der Waals surface area contributed by atoms with E-state index in [1.54, 1.807) is 17.0 Å². The van der Waals surface area contributed by atoms with E-state index in [1.807, 2.05) is 44.1 Å². The SMILES string of the molecule is CCOc1cccc2sc(N(CCN(C)C)C(=O)CSc3ccc(F)cc3)nc12.Cl. The number of hydrogen-bond acceptors (Lipinski definition) is 6. The summed E-state index contributed by atoms with van der Waals surface area (Å²) in [6.45, 7) is 3.76. The minimum absolute atomic E-state index is 0. The van der Waals surface area contributed by atoms with E-state index in [0.29, 0.717) is 18.3 Å². The molecule has 0 aliphatic carbocycles. The number of fused-ring (bicyclic) bond motifs is 1. The van der Waals surface area contributed by atoms with Gasteiger partial charge >= 0.3 is 0 Å². The summed E-state index contributed by atoms with van der Waals surface area (Å²) in [6.07, 6.45) is 0. The molecule has 3 aromatic rings. The molecule has 0 spiro atoms. The predicted octanol–water partition coefficient (Wildman–Crippen LogP) is 4.94. The maximum absolute atomic E-state index is 13.1. The van der Waals surface area contributed by atoms with Crippen LogP contribution in [0.1, 0.15) is 6.92 Å². The number of ether oxygens (including phenoxy) is 1. The van der Waals surface area contributed by atoms with Crippen LogP contribution >= 0.6 is 35.5 Å². The molecule has 0 fully saturated rings. The van der Waals surface area contributed by atoms with Gasteiger partial charge in [-0.25, -0.2) is 9.37 Å². The lowest BCUT2D eigenvalue weighted by Crippen LogP contribution is -2.37. The number of para-hydroxylation sites is 1. The number of benzene rings is 2. The molecule has 5 nitrogen and oxygen atoms in total. The van der Waals surface area contributed by atoms with Crippen molar-refractivity contribution >= 4 is 56.8 Å². The van der Waals surface area contributed by atoms with Crippen LogP contribution in [-0.2, 0) is 4.79 Å². The van der Waals surface area contributed by atoms with Crippen molar-refractivity contribution in [3.05, 3.63) is 48.3 Å². The molecule has 30 heavy (non-hydrogen) atoms. The average Bonchev–Trinajstić information content (AvgIpc) is 3.12. The second-order valence-electron chi connectivity index (χ2n) is 6.62. The number of thioether (sulfide) groups is 1. The summed E-state index contributed by atoms with van der Waals surface area (Å²) in [5.74, 6) is 0.673. The second-order valence-corrected chi connectivity index (χ2v) is 8.68. The van der Waals surface area contributed by atoms with Crippen LogP contribution in [0.15, 0.2) is 47.4 Å². The minimum Gasteiger partial charge on any atom is -0.492 e. The Labute approximate surface area is 190 Å². The molecule has 0 aliphatic rings. The van der Waals surface area contributed by atoms with Crippen molar-refractivity contribution in [2.45, 2.75) is 11.8 Å². The third-order valence-electron chi connectivity index (χ3n) is 4.15. The van der Waals surface area contributed by atoms with Gasteiger partial charge in [-0.05, 0) is 57.4 Å². The van der Waals surface area contributed by atoms with Crippen molar-refractivity contribution in [1.82, 2.24) is 9.88 Å². The summed E-state index contributed by atoms with van der Waals surface area (Å²) in [5, 5.41) is 0.665. The van der Waals surface area contributed by atoms with E-state index in [2.05, 4.69) is 0 Å². The van der Waals surface area contributed by atoms with E-state index in [0.717, 1.165) is 27.4 Å². The quantitative estimate of drug-likeness (QED) is 0.415. The first-order valence-electron chi connectivity index (χ1n) is 9.33. The van der Waals surface area contributed by atoms with Crippen LogP contribution in [0.5, 0.6) is 5.75 Å². The molecule has 0 saturated heterocycles. The first-order valence-corrected chi connectivity index (χ1v) is 11.1. The van der Waals surface area contributed by atoms with Gasteiger partial charge in [0.15, 0.2) is 5.13 Å². The number of likely N-dealkylation sites (N-methyl/N-ethyl adjacent to an activating group) is 1. The number of halogens is 2. The molecule has 0 unspecified atom stereocenters. The fraction of sp³-hybridized carbons (Fsp3) is 0.333. The van der Waals surface area contributed by atoms with Crippen molar-refractivity contribution in [3.63, 3.8) is 0 Å². The first kappa shape index (κ1) is 24.4. The summed E-state index contributed by atoms with van der Waals surface area (Å²) in [6, 6.07) is 12.0. The highest BCUT2D eigenvalue weighted by atomic mass is 35.5. The van der Waals surface area contributed by atoms with Gasteiger partial charge in [0.25, 0.3) is 0 Å². The van der Waals surface area contributed by atoms with Crippen molar-refractivity contribution in [2.24, 2.45) is 0 Å². The first-order chi connectivity index (χ1) is 14.0. The Morgan fingerprint density at radius 2 is 1.90 bits per heavy atom. The highest BCUT2D eigenvalue weighted by molar-refractivity contribution is 8.00. The molecule has 0 aliphatic heterocycles. The molecule has 3 rings (SSSR count).